The van der Waals surface area contributed by atoms with E-state index in [4.69, 9.17) is 9.47 Å². The lowest BCUT2D eigenvalue weighted by Gasteiger charge is -2.26. The first kappa shape index (κ1) is 14.7. The highest BCUT2D eigenvalue weighted by atomic mass is 16.5. The number of benzene rings is 1. The number of hydrogen-bond acceptors (Lipinski definition) is 4. The van der Waals surface area contributed by atoms with Gasteiger partial charge in [0.05, 0.1) is 20.3 Å². The van der Waals surface area contributed by atoms with Gasteiger partial charge in [-0.2, -0.15) is 5.26 Å². The van der Waals surface area contributed by atoms with Gasteiger partial charge in [-0.25, -0.2) is 0 Å². The van der Waals surface area contributed by atoms with Crippen LogP contribution in [0.15, 0.2) is 18.2 Å². The molecule has 4 heteroatoms. The first-order valence-electron chi connectivity index (χ1n) is 7.15. The highest BCUT2D eigenvalue weighted by Gasteiger charge is 2.22. The topological polar surface area (TPSA) is 45.5 Å². The first-order chi connectivity index (χ1) is 9.80. The number of rotatable bonds is 4. The Bertz CT molecular complexity index is 474. The van der Waals surface area contributed by atoms with Gasteiger partial charge in [0.1, 0.15) is 6.04 Å². The Balaban J connectivity index is 2.24. The maximum Gasteiger partial charge on any atom is 0.161 e. The molecule has 0 aromatic heterocycles. The second-order valence-electron chi connectivity index (χ2n) is 5.10. The van der Waals surface area contributed by atoms with Crippen molar-refractivity contribution >= 4 is 0 Å². The summed E-state index contributed by atoms with van der Waals surface area (Å²) in [5.74, 6) is 1.38. The normalized spacial score (nSPS) is 17.9. The number of nitriles is 1. The van der Waals surface area contributed by atoms with Gasteiger partial charge < -0.3 is 9.47 Å². The summed E-state index contributed by atoms with van der Waals surface area (Å²) in [4.78, 5) is 2.27. The molecule has 108 valence electrons. The molecule has 1 fully saturated rings. The molecule has 1 atom stereocenters. The quantitative estimate of drug-likeness (QED) is 0.846. The molecule has 1 heterocycles. The van der Waals surface area contributed by atoms with E-state index in [1.54, 1.807) is 14.2 Å². The maximum absolute atomic E-state index is 9.55. The summed E-state index contributed by atoms with van der Waals surface area (Å²) in [6, 6.07) is 7.98. The Morgan fingerprint density at radius 2 is 1.70 bits per heavy atom. The summed E-state index contributed by atoms with van der Waals surface area (Å²) in [5.41, 5.74) is 0.979. The second kappa shape index (κ2) is 7.16. The molecule has 1 aromatic carbocycles. The van der Waals surface area contributed by atoms with E-state index in [1.807, 2.05) is 18.2 Å². The third-order valence-corrected chi connectivity index (χ3v) is 3.85. The fourth-order valence-corrected chi connectivity index (χ4v) is 2.74. The lowest BCUT2D eigenvalue weighted by molar-refractivity contribution is 0.245. The van der Waals surface area contributed by atoms with Crippen LogP contribution in [0.25, 0.3) is 0 Å². The fraction of sp³-hybridized carbons (Fsp3) is 0.562. The molecule has 0 saturated carbocycles. The number of likely N-dealkylation sites (tertiary alicyclic amines) is 1. The van der Waals surface area contributed by atoms with Crippen LogP contribution >= 0.6 is 0 Å². The molecular weight excluding hydrogens is 252 g/mol. The van der Waals surface area contributed by atoms with Crippen LogP contribution in [0.1, 0.15) is 37.3 Å². The Morgan fingerprint density at radius 1 is 1.05 bits per heavy atom. The Kier molecular flexibility index (Phi) is 5.25. The molecule has 4 nitrogen and oxygen atoms in total. The van der Waals surface area contributed by atoms with Gasteiger partial charge in [0, 0.05) is 0 Å². The number of hydrogen-bond donors (Lipinski definition) is 0. The highest BCUT2D eigenvalue weighted by Crippen LogP contribution is 2.32. The van der Waals surface area contributed by atoms with Crippen molar-refractivity contribution in [1.82, 2.24) is 4.90 Å². The second-order valence-corrected chi connectivity index (χ2v) is 5.10. The van der Waals surface area contributed by atoms with Crippen molar-refractivity contribution in [3.05, 3.63) is 23.8 Å². The third kappa shape index (κ3) is 3.23. The number of ether oxygens (including phenoxy) is 2. The average molecular weight is 274 g/mol. The summed E-state index contributed by atoms with van der Waals surface area (Å²) in [6.45, 7) is 1.99. The third-order valence-electron chi connectivity index (χ3n) is 3.85. The molecule has 1 aromatic rings. The summed E-state index contributed by atoms with van der Waals surface area (Å²) < 4.78 is 10.6. The molecule has 0 spiro atoms. The summed E-state index contributed by atoms with van der Waals surface area (Å²) in [5, 5.41) is 9.55. The Hall–Kier alpha value is -1.73. The molecule has 1 aliphatic heterocycles. The summed E-state index contributed by atoms with van der Waals surface area (Å²) in [6.07, 6.45) is 4.87. The van der Waals surface area contributed by atoms with Crippen molar-refractivity contribution in [2.24, 2.45) is 0 Å². The zero-order chi connectivity index (χ0) is 14.4. The minimum absolute atomic E-state index is 0.201. The van der Waals surface area contributed by atoms with Crippen LogP contribution in [0.3, 0.4) is 0 Å². The predicted molar refractivity (Wildman–Crippen MR) is 77.9 cm³/mol. The first-order valence-corrected chi connectivity index (χ1v) is 7.15. The molecule has 0 N–H and O–H groups in total. The van der Waals surface area contributed by atoms with Crippen LogP contribution in [-0.2, 0) is 0 Å². The van der Waals surface area contributed by atoms with Gasteiger partial charge in [-0.3, -0.25) is 4.90 Å². The SMILES string of the molecule is COc1ccc([C@@H](C#N)N2CCCCCC2)cc1OC. The van der Waals surface area contributed by atoms with Crippen LogP contribution in [0.2, 0.25) is 0 Å². The van der Waals surface area contributed by atoms with Gasteiger partial charge in [0.15, 0.2) is 11.5 Å². The lowest BCUT2D eigenvalue weighted by atomic mass is 10.1. The van der Waals surface area contributed by atoms with Crippen LogP contribution < -0.4 is 9.47 Å². The van der Waals surface area contributed by atoms with E-state index in [1.165, 1.54) is 25.7 Å². The molecule has 0 bridgehead atoms. The monoisotopic (exact) mass is 274 g/mol. The van der Waals surface area contributed by atoms with Gasteiger partial charge in [0.25, 0.3) is 0 Å². The van der Waals surface area contributed by atoms with E-state index in [9.17, 15) is 5.26 Å². The van der Waals surface area contributed by atoms with Crippen molar-refractivity contribution in [2.75, 3.05) is 27.3 Å². The van der Waals surface area contributed by atoms with E-state index >= 15 is 0 Å². The van der Waals surface area contributed by atoms with Gasteiger partial charge in [-0.05, 0) is 43.6 Å². The van der Waals surface area contributed by atoms with Gasteiger partial charge in [0.2, 0.25) is 0 Å². The molecule has 0 radical (unpaired) electrons. The predicted octanol–water partition coefficient (Wildman–Crippen LogP) is 3.14. The minimum Gasteiger partial charge on any atom is -0.493 e. The van der Waals surface area contributed by atoms with E-state index in [2.05, 4.69) is 11.0 Å². The van der Waals surface area contributed by atoms with Crippen LogP contribution in [0, 0.1) is 11.3 Å². The molecule has 1 aliphatic rings. The van der Waals surface area contributed by atoms with Gasteiger partial charge in [-0.1, -0.05) is 18.9 Å². The average Bonchev–Trinajstić information content (AvgIpc) is 2.77. The molecule has 0 aliphatic carbocycles. The standard InChI is InChI=1S/C16H22N2O2/c1-19-15-8-7-13(11-16(15)20-2)14(12-17)18-9-5-3-4-6-10-18/h7-8,11,14H,3-6,9-10H2,1-2H3/t14-/m1/s1. The summed E-state index contributed by atoms with van der Waals surface area (Å²) in [7, 11) is 3.24. The Morgan fingerprint density at radius 3 is 2.25 bits per heavy atom. The van der Waals surface area contributed by atoms with Crippen LogP contribution in [-0.4, -0.2) is 32.2 Å². The van der Waals surface area contributed by atoms with Crippen LogP contribution in [0.5, 0.6) is 11.5 Å². The van der Waals surface area contributed by atoms with Gasteiger partial charge >= 0.3 is 0 Å². The zero-order valence-electron chi connectivity index (χ0n) is 12.3. The van der Waals surface area contributed by atoms with Crippen LogP contribution in [0.4, 0.5) is 0 Å². The van der Waals surface area contributed by atoms with E-state index in [-0.39, 0.29) is 6.04 Å². The van der Waals surface area contributed by atoms with Crippen molar-refractivity contribution < 1.29 is 9.47 Å². The number of nitrogens with zero attached hydrogens (tertiary/aromatic N) is 2. The molecule has 0 unspecified atom stereocenters. The highest BCUT2D eigenvalue weighted by molar-refractivity contribution is 5.44. The lowest BCUT2D eigenvalue weighted by Crippen LogP contribution is -2.28. The minimum atomic E-state index is -0.201. The molecule has 20 heavy (non-hydrogen) atoms. The zero-order valence-corrected chi connectivity index (χ0v) is 12.3. The largest absolute Gasteiger partial charge is 0.493 e. The van der Waals surface area contributed by atoms with E-state index in [0.717, 1.165) is 18.7 Å². The van der Waals surface area contributed by atoms with Crippen molar-refractivity contribution in [3.8, 4) is 17.6 Å². The van der Waals surface area contributed by atoms with Gasteiger partial charge in [-0.15, -0.1) is 0 Å². The Labute approximate surface area is 120 Å². The smallest absolute Gasteiger partial charge is 0.161 e. The fourth-order valence-electron chi connectivity index (χ4n) is 2.74. The molecule has 0 amide bonds. The molecular formula is C16H22N2O2. The van der Waals surface area contributed by atoms with Crippen molar-refractivity contribution in [2.45, 2.75) is 31.7 Å². The molecule has 2 rings (SSSR count). The summed E-state index contributed by atoms with van der Waals surface area (Å²) >= 11 is 0. The van der Waals surface area contributed by atoms with E-state index < -0.39 is 0 Å². The van der Waals surface area contributed by atoms with Crippen molar-refractivity contribution in [3.63, 3.8) is 0 Å². The van der Waals surface area contributed by atoms with E-state index in [0.29, 0.717) is 11.5 Å². The molecule has 1 saturated heterocycles. The number of methoxy groups -OCH3 is 2. The maximum atomic E-state index is 9.55. The van der Waals surface area contributed by atoms with Crippen molar-refractivity contribution in [1.29, 1.82) is 5.26 Å².